The van der Waals surface area contributed by atoms with Crippen molar-refractivity contribution in [3.63, 3.8) is 0 Å². The van der Waals surface area contributed by atoms with Gasteiger partial charge in [-0.1, -0.05) is 0 Å². The normalized spacial score (nSPS) is 18.3. The van der Waals surface area contributed by atoms with Gasteiger partial charge in [0.25, 0.3) is 0 Å². The highest BCUT2D eigenvalue weighted by atomic mass is 32.2. The summed E-state index contributed by atoms with van der Waals surface area (Å²) in [6.07, 6.45) is 1.98. The monoisotopic (exact) mass is 274 g/mol. The molecule has 7 heteroatoms. The number of halogens is 1. The van der Waals surface area contributed by atoms with Gasteiger partial charge < -0.3 is 10.8 Å². The number of nitrogens with one attached hydrogen (secondary N) is 1. The van der Waals surface area contributed by atoms with E-state index >= 15 is 0 Å². The second-order valence-electron chi connectivity index (χ2n) is 4.58. The molecule has 0 aromatic heterocycles. The van der Waals surface area contributed by atoms with Gasteiger partial charge >= 0.3 is 0 Å². The number of sulfonamides is 1. The van der Waals surface area contributed by atoms with Crippen LogP contribution < -0.4 is 10.5 Å². The third-order valence-corrected chi connectivity index (χ3v) is 4.86. The zero-order valence-electron chi connectivity index (χ0n) is 9.69. The Morgan fingerprint density at radius 3 is 2.61 bits per heavy atom. The molecule has 1 aromatic carbocycles. The number of rotatable bonds is 4. The Hall–Kier alpha value is -1.18. The Kier molecular flexibility index (Phi) is 3.31. The molecule has 0 bridgehead atoms. The molecule has 1 aliphatic carbocycles. The molecule has 0 saturated heterocycles. The van der Waals surface area contributed by atoms with Crippen molar-refractivity contribution in [3.05, 3.63) is 24.0 Å². The highest BCUT2D eigenvalue weighted by Gasteiger charge is 2.40. The molecule has 0 radical (unpaired) electrons. The van der Waals surface area contributed by atoms with E-state index in [1.165, 1.54) is 6.07 Å². The van der Waals surface area contributed by atoms with E-state index < -0.39 is 21.4 Å². The number of aliphatic hydroxyl groups is 1. The minimum atomic E-state index is -3.92. The van der Waals surface area contributed by atoms with Gasteiger partial charge in [-0.3, -0.25) is 0 Å². The first-order valence-electron chi connectivity index (χ1n) is 5.58. The van der Waals surface area contributed by atoms with E-state index in [0.717, 1.165) is 18.6 Å². The fourth-order valence-electron chi connectivity index (χ4n) is 1.98. The summed E-state index contributed by atoms with van der Waals surface area (Å²) in [6.45, 7) is -0.276. The fourth-order valence-corrected chi connectivity index (χ4v) is 3.57. The minimum Gasteiger partial charge on any atom is -0.398 e. The summed E-state index contributed by atoms with van der Waals surface area (Å²) in [5, 5.41) is 9.24. The van der Waals surface area contributed by atoms with Crippen LogP contribution in [0.5, 0.6) is 0 Å². The van der Waals surface area contributed by atoms with Crippen molar-refractivity contribution in [2.24, 2.45) is 0 Å². The maximum atomic E-state index is 13.1. The molecule has 0 amide bonds. The standard InChI is InChI=1S/C11H15FN2O3S/c12-8-2-3-9(13)10(6-8)18(16,17)14-11(7-15)4-1-5-11/h2-3,6,14-15H,1,4-5,7,13H2. The lowest BCUT2D eigenvalue weighted by Gasteiger charge is -2.40. The highest BCUT2D eigenvalue weighted by Crippen LogP contribution is 2.33. The van der Waals surface area contributed by atoms with Gasteiger partial charge in [-0.15, -0.1) is 0 Å². The van der Waals surface area contributed by atoms with Crippen molar-refractivity contribution in [3.8, 4) is 0 Å². The highest BCUT2D eigenvalue weighted by molar-refractivity contribution is 7.89. The zero-order chi connectivity index (χ0) is 13.4. The van der Waals surface area contributed by atoms with Gasteiger partial charge in [0.2, 0.25) is 10.0 Å². The van der Waals surface area contributed by atoms with Crippen LogP contribution in [0.1, 0.15) is 19.3 Å². The van der Waals surface area contributed by atoms with Crippen LogP contribution in [0.15, 0.2) is 23.1 Å². The zero-order valence-corrected chi connectivity index (χ0v) is 10.5. The van der Waals surface area contributed by atoms with Gasteiger partial charge in [-0.05, 0) is 37.5 Å². The molecule has 0 unspecified atom stereocenters. The van der Waals surface area contributed by atoms with E-state index in [4.69, 9.17) is 5.73 Å². The number of nitrogens with two attached hydrogens (primary N) is 1. The van der Waals surface area contributed by atoms with Crippen LogP contribution in [-0.2, 0) is 10.0 Å². The molecule has 5 nitrogen and oxygen atoms in total. The quantitative estimate of drug-likeness (QED) is 0.701. The average Bonchev–Trinajstić information content (AvgIpc) is 2.27. The van der Waals surface area contributed by atoms with Crippen LogP contribution in [0.2, 0.25) is 0 Å². The van der Waals surface area contributed by atoms with Crippen molar-refractivity contribution in [1.82, 2.24) is 4.72 Å². The first kappa shape index (κ1) is 13.3. The summed E-state index contributed by atoms with van der Waals surface area (Å²) in [4.78, 5) is -0.290. The van der Waals surface area contributed by atoms with E-state index in [2.05, 4.69) is 4.72 Å². The molecule has 1 aromatic rings. The van der Waals surface area contributed by atoms with E-state index in [1.807, 2.05) is 0 Å². The molecular formula is C11H15FN2O3S. The summed E-state index contributed by atoms with van der Waals surface area (Å²) < 4.78 is 39.7. The maximum absolute atomic E-state index is 13.1. The largest absolute Gasteiger partial charge is 0.398 e. The van der Waals surface area contributed by atoms with E-state index in [0.29, 0.717) is 12.8 Å². The molecule has 0 aliphatic heterocycles. The Bertz CT molecular complexity index is 550. The summed E-state index contributed by atoms with van der Waals surface area (Å²) >= 11 is 0. The second kappa shape index (κ2) is 4.49. The molecule has 1 fully saturated rings. The van der Waals surface area contributed by atoms with Crippen LogP contribution in [0.25, 0.3) is 0 Å². The van der Waals surface area contributed by atoms with Gasteiger partial charge in [0, 0.05) is 0 Å². The van der Waals surface area contributed by atoms with Gasteiger partial charge in [0.05, 0.1) is 17.8 Å². The topological polar surface area (TPSA) is 92.4 Å². The molecule has 0 spiro atoms. The lowest BCUT2D eigenvalue weighted by atomic mass is 9.78. The Balaban J connectivity index is 2.33. The second-order valence-corrected chi connectivity index (χ2v) is 6.23. The molecule has 1 aliphatic rings. The molecule has 0 atom stereocenters. The number of hydrogen-bond donors (Lipinski definition) is 3. The third kappa shape index (κ3) is 2.33. The number of anilines is 1. The van der Waals surface area contributed by atoms with Crippen molar-refractivity contribution in [2.75, 3.05) is 12.3 Å². The SMILES string of the molecule is Nc1ccc(F)cc1S(=O)(=O)NC1(CO)CCC1. The number of benzene rings is 1. The Labute approximate surface area is 105 Å². The lowest BCUT2D eigenvalue weighted by molar-refractivity contribution is 0.110. The smallest absolute Gasteiger partial charge is 0.243 e. The van der Waals surface area contributed by atoms with Crippen LogP contribution in [0.4, 0.5) is 10.1 Å². The average molecular weight is 274 g/mol. The van der Waals surface area contributed by atoms with Crippen molar-refractivity contribution in [2.45, 2.75) is 29.7 Å². The van der Waals surface area contributed by atoms with Crippen LogP contribution in [0.3, 0.4) is 0 Å². The minimum absolute atomic E-state index is 0.0173. The maximum Gasteiger partial charge on any atom is 0.243 e. The molecule has 1 saturated carbocycles. The van der Waals surface area contributed by atoms with Crippen LogP contribution in [-0.4, -0.2) is 25.7 Å². The van der Waals surface area contributed by atoms with Gasteiger partial charge in [-0.2, -0.15) is 0 Å². The number of aliphatic hydroxyl groups excluding tert-OH is 1. The van der Waals surface area contributed by atoms with E-state index in [9.17, 15) is 17.9 Å². The van der Waals surface area contributed by atoms with Crippen molar-refractivity contribution in [1.29, 1.82) is 0 Å². The molecule has 18 heavy (non-hydrogen) atoms. The van der Waals surface area contributed by atoms with Crippen molar-refractivity contribution >= 4 is 15.7 Å². The first-order chi connectivity index (χ1) is 8.38. The van der Waals surface area contributed by atoms with Gasteiger partial charge in [0.15, 0.2) is 0 Å². The molecule has 100 valence electrons. The summed E-state index contributed by atoms with van der Waals surface area (Å²) in [5.41, 5.74) is 4.71. The lowest BCUT2D eigenvalue weighted by Crippen LogP contribution is -2.56. The summed E-state index contributed by atoms with van der Waals surface area (Å²) in [6, 6.07) is 3.18. The van der Waals surface area contributed by atoms with Crippen molar-refractivity contribution < 1.29 is 17.9 Å². The number of hydrogen-bond acceptors (Lipinski definition) is 4. The van der Waals surface area contributed by atoms with Crippen LogP contribution in [0, 0.1) is 5.82 Å². The molecule has 4 N–H and O–H groups in total. The predicted octanol–water partition coefficient (Wildman–Crippen LogP) is 0.601. The first-order valence-corrected chi connectivity index (χ1v) is 7.07. The Morgan fingerprint density at radius 2 is 2.11 bits per heavy atom. The van der Waals surface area contributed by atoms with E-state index in [-0.39, 0.29) is 17.2 Å². The summed E-state index contributed by atoms with van der Waals surface area (Å²) in [7, 11) is -3.92. The molecule has 0 heterocycles. The summed E-state index contributed by atoms with van der Waals surface area (Å²) in [5.74, 6) is -0.670. The predicted molar refractivity (Wildman–Crippen MR) is 64.8 cm³/mol. The number of nitrogen functional groups attached to an aromatic ring is 1. The van der Waals surface area contributed by atoms with Crippen LogP contribution >= 0.6 is 0 Å². The van der Waals surface area contributed by atoms with Gasteiger partial charge in [0.1, 0.15) is 10.7 Å². The third-order valence-electron chi connectivity index (χ3n) is 3.23. The molecule has 2 rings (SSSR count). The molecular weight excluding hydrogens is 259 g/mol. The fraction of sp³-hybridized carbons (Fsp3) is 0.455. The van der Waals surface area contributed by atoms with E-state index in [1.54, 1.807) is 0 Å². The van der Waals surface area contributed by atoms with Gasteiger partial charge in [-0.25, -0.2) is 17.5 Å². The Morgan fingerprint density at radius 1 is 1.44 bits per heavy atom.